The van der Waals surface area contributed by atoms with E-state index in [1.807, 2.05) is 53.6 Å². The molecule has 6 heteroatoms. The van der Waals surface area contributed by atoms with Gasteiger partial charge in [0.25, 0.3) is 5.91 Å². The quantitative estimate of drug-likeness (QED) is 0.677. The second-order valence-corrected chi connectivity index (χ2v) is 6.84. The molecule has 3 heterocycles. The molecule has 1 aliphatic heterocycles. The number of imidazole rings is 1. The number of carbonyl (C=O) groups is 1. The molecule has 27 heavy (non-hydrogen) atoms. The molecule has 0 bridgehead atoms. The first kappa shape index (κ1) is 17.3. The van der Waals surface area contributed by atoms with Crippen LogP contribution >= 0.6 is 0 Å². The summed E-state index contributed by atoms with van der Waals surface area (Å²) in [5.74, 6) is 2.14. The SMILES string of the molecule is Cc1cnc(-c2ccncc2)n1CC1CN(C(=O)COc2ccccc2)C1. The van der Waals surface area contributed by atoms with E-state index in [1.165, 1.54) is 0 Å². The summed E-state index contributed by atoms with van der Waals surface area (Å²) in [7, 11) is 0. The Balaban J connectivity index is 1.32. The van der Waals surface area contributed by atoms with E-state index in [4.69, 9.17) is 4.74 Å². The average Bonchev–Trinajstić information content (AvgIpc) is 3.04. The molecule has 0 saturated carbocycles. The maximum Gasteiger partial charge on any atom is 0.260 e. The van der Waals surface area contributed by atoms with Crippen LogP contribution in [0.2, 0.25) is 0 Å². The molecule has 0 spiro atoms. The van der Waals surface area contributed by atoms with Crippen molar-refractivity contribution >= 4 is 5.91 Å². The zero-order chi connectivity index (χ0) is 18.6. The number of pyridine rings is 1. The van der Waals surface area contributed by atoms with Crippen molar-refractivity contribution in [1.82, 2.24) is 19.4 Å². The lowest BCUT2D eigenvalue weighted by Crippen LogP contribution is -2.52. The van der Waals surface area contributed by atoms with Gasteiger partial charge in [0.1, 0.15) is 11.6 Å². The van der Waals surface area contributed by atoms with Crippen LogP contribution in [0.5, 0.6) is 5.75 Å². The number of nitrogens with zero attached hydrogens (tertiary/aromatic N) is 4. The first-order valence-corrected chi connectivity index (χ1v) is 9.09. The van der Waals surface area contributed by atoms with E-state index in [0.29, 0.717) is 5.92 Å². The zero-order valence-electron chi connectivity index (χ0n) is 15.3. The number of hydrogen-bond donors (Lipinski definition) is 0. The normalized spacial score (nSPS) is 14.0. The molecule has 0 aliphatic carbocycles. The van der Waals surface area contributed by atoms with Crippen LogP contribution in [0.4, 0.5) is 0 Å². The molecule has 3 aromatic rings. The number of likely N-dealkylation sites (tertiary alicyclic amines) is 1. The van der Waals surface area contributed by atoms with Crippen LogP contribution < -0.4 is 4.74 Å². The molecule has 1 aliphatic rings. The lowest BCUT2D eigenvalue weighted by Gasteiger charge is -2.39. The van der Waals surface area contributed by atoms with Gasteiger partial charge < -0.3 is 14.2 Å². The van der Waals surface area contributed by atoms with Gasteiger partial charge in [-0.1, -0.05) is 18.2 Å². The van der Waals surface area contributed by atoms with Gasteiger partial charge in [-0.3, -0.25) is 9.78 Å². The van der Waals surface area contributed by atoms with Gasteiger partial charge in [0, 0.05) is 55.4 Å². The van der Waals surface area contributed by atoms with Gasteiger partial charge in [0.05, 0.1) is 0 Å². The highest BCUT2D eigenvalue weighted by Gasteiger charge is 2.31. The van der Waals surface area contributed by atoms with Gasteiger partial charge in [-0.2, -0.15) is 0 Å². The van der Waals surface area contributed by atoms with Gasteiger partial charge in [-0.15, -0.1) is 0 Å². The molecule has 0 unspecified atom stereocenters. The maximum atomic E-state index is 12.3. The number of amides is 1. The number of hydrogen-bond acceptors (Lipinski definition) is 4. The summed E-state index contributed by atoms with van der Waals surface area (Å²) in [6.07, 6.45) is 5.45. The molecule has 0 atom stereocenters. The van der Waals surface area contributed by atoms with Crippen molar-refractivity contribution in [2.24, 2.45) is 5.92 Å². The minimum absolute atomic E-state index is 0.0341. The van der Waals surface area contributed by atoms with Crippen molar-refractivity contribution in [2.45, 2.75) is 13.5 Å². The molecule has 138 valence electrons. The number of benzene rings is 1. The highest BCUT2D eigenvalue weighted by Crippen LogP contribution is 2.24. The van der Waals surface area contributed by atoms with Crippen LogP contribution in [-0.4, -0.2) is 45.0 Å². The number of aryl methyl sites for hydroxylation is 1. The Morgan fingerprint density at radius 3 is 2.63 bits per heavy atom. The molecular weight excluding hydrogens is 340 g/mol. The number of ether oxygens (including phenoxy) is 1. The van der Waals surface area contributed by atoms with E-state index >= 15 is 0 Å². The molecule has 4 rings (SSSR count). The zero-order valence-corrected chi connectivity index (χ0v) is 15.3. The Bertz CT molecular complexity index is 902. The molecule has 1 saturated heterocycles. The van der Waals surface area contributed by atoms with E-state index in [-0.39, 0.29) is 12.5 Å². The van der Waals surface area contributed by atoms with Gasteiger partial charge in [0.2, 0.25) is 0 Å². The number of rotatable bonds is 6. The van der Waals surface area contributed by atoms with Crippen LogP contribution in [-0.2, 0) is 11.3 Å². The van der Waals surface area contributed by atoms with E-state index in [0.717, 1.165) is 42.5 Å². The van der Waals surface area contributed by atoms with Crippen molar-refractivity contribution in [2.75, 3.05) is 19.7 Å². The third-order valence-corrected chi connectivity index (χ3v) is 4.85. The largest absolute Gasteiger partial charge is 0.484 e. The van der Waals surface area contributed by atoms with Crippen molar-refractivity contribution in [3.63, 3.8) is 0 Å². The van der Waals surface area contributed by atoms with Crippen LogP contribution in [0.1, 0.15) is 5.69 Å². The summed E-state index contributed by atoms with van der Waals surface area (Å²) in [5.41, 5.74) is 2.18. The highest BCUT2D eigenvalue weighted by molar-refractivity contribution is 5.78. The number of para-hydroxylation sites is 1. The first-order valence-electron chi connectivity index (χ1n) is 9.09. The van der Waals surface area contributed by atoms with Crippen molar-refractivity contribution in [3.05, 3.63) is 66.7 Å². The minimum atomic E-state index is 0.0341. The molecule has 1 fully saturated rings. The van der Waals surface area contributed by atoms with Crippen LogP contribution in [0.25, 0.3) is 11.4 Å². The van der Waals surface area contributed by atoms with E-state index < -0.39 is 0 Å². The van der Waals surface area contributed by atoms with Crippen LogP contribution in [0.15, 0.2) is 61.1 Å². The molecule has 0 radical (unpaired) electrons. The second-order valence-electron chi connectivity index (χ2n) is 6.84. The van der Waals surface area contributed by atoms with Gasteiger partial charge in [-0.05, 0) is 31.2 Å². The van der Waals surface area contributed by atoms with Crippen LogP contribution in [0.3, 0.4) is 0 Å². The van der Waals surface area contributed by atoms with E-state index in [2.05, 4.69) is 21.5 Å². The van der Waals surface area contributed by atoms with Crippen molar-refractivity contribution in [1.29, 1.82) is 0 Å². The average molecular weight is 362 g/mol. The monoisotopic (exact) mass is 362 g/mol. The summed E-state index contributed by atoms with van der Waals surface area (Å²) >= 11 is 0. The fourth-order valence-electron chi connectivity index (χ4n) is 3.32. The Labute approximate surface area is 158 Å². The molecule has 6 nitrogen and oxygen atoms in total. The Hall–Kier alpha value is -3.15. The number of aromatic nitrogens is 3. The summed E-state index contributed by atoms with van der Waals surface area (Å²) in [6, 6.07) is 13.4. The lowest BCUT2D eigenvalue weighted by atomic mass is 9.99. The minimum Gasteiger partial charge on any atom is -0.484 e. The predicted octanol–water partition coefficient (Wildman–Crippen LogP) is 2.79. The van der Waals surface area contributed by atoms with Crippen LogP contribution in [0, 0.1) is 12.8 Å². The lowest BCUT2D eigenvalue weighted by molar-refractivity contribution is -0.140. The number of carbonyl (C=O) groups excluding carboxylic acids is 1. The Morgan fingerprint density at radius 1 is 1.15 bits per heavy atom. The van der Waals surface area contributed by atoms with E-state index in [9.17, 15) is 4.79 Å². The highest BCUT2D eigenvalue weighted by atomic mass is 16.5. The fourth-order valence-corrected chi connectivity index (χ4v) is 3.32. The predicted molar refractivity (Wildman–Crippen MR) is 102 cm³/mol. The summed E-state index contributed by atoms with van der Waals surface area (Å²) in [6.45, 7) is 4.51. The molecule has 1 aromatic carbocycles. The maximum absolute atomic E-state index is 12.3. The summed E-state index contributed by atoms with van der Waals surface area (Å²) in [5, 5.41) is 0. The third-order valence-electron chi connectivity index (χ3n) is 4.85. The Morgan fingerprint density at radius 2 is 1.89 bits per heavy atom. The molecule has 1 amide bonds. The van der Waals surface area contributed by atoms with Gasteiger partial charge in [0.15, 0.2) is 6.61 Å². The summed E-state index contributed by atoms with van der Waals surface area (Å²) < 4.78 is 7.77. The van der Waals surface area contributed by atoms with Gasteiger partial charge >= 0.3 is 0 Å². The molecule has 0 N–H and O–H groups in total. The summed E-state index contributed by atoms with van der Waals surface area (Å²) in [4.78, 5) is 22.8. The molecular formula is C21H22N4O2. The second kappa shape index (κ2) is 7.61. The van der Waals surface area contributed by atoms with E-state index in [1.54, 1.807) is 12.4 Å². The standard InChI is InChI=1S/C21H22N4O2/c1-16-11-23-21(18-7-9-22-10-8-18)25(16)14-17-12-24(13-17)20(26)15-27-19-5-3-2-4-6-19/h2-11,17H,12-15H2,1H3. The van der Waals surface area contributed by atoms with Crippen molar-refractivity contribution < 1.29 is 9.53 Å². The van der Waals surface area contributed by atoms with Crippen molar-refractivity contribution in [3.8, 4) is 17.1 Å². The molecule has 2 aromatic heterocycles. The third kappa shape index (κ3) is 3.84. The van der Waals surface area contributed by atoms with Gasteiger partial charge in [-0.25, -0.2) is 4.98 Å². The Kier molecular flexibility index (Phi) is 4.87. The fraction of sp³-hybridized carbons (Fsp3) is 0.286. The first-order chi connectivity index (χ1) is 13.2. The smallest absolute Gasteiger partial charge is 0.260 e. The topological polar surface area (TPSA) is 60.2 Å².